The molecule has 0 saturated carbocycles. The lowest BCUT2D eigenvalue weighted by molar-refractivity contribution is 0.195. The number of anilines is 1. The smallest absolute Gasteiger partial charge is 0.0998 e. The maximum Gasteiger partial charge on any atom is 0.0998 e. The van der Waals surface area contributed by atoms with Crippen LogP contribution in [-0.2, 0) is 4.74 Å². The van der Waals surface area contributed by atoms with Crippen LogP contribution in [0.1, 0.15) is 12.0 Å². The molecule has 3 heteroatoms. The Morgan fingerprint density at radius 2 is 2.00 bits per heavy atom. The highest BCUT2D eigenvalue weighted by Crippen LogP contribution is 2.27. The molecule has 2 aromatic rings. The summed E-state index contributed by atoms with van der Waals surface area (Å²) in [4.78, 5) is 0. The molecule has 0 radical (unpaired) electrons. The number of hydrogen-bond donors (Lipinski definition) is 1. The number of benzene rings is 2. The van der Waals surface area contributed by atoms with Gasteiger partial charge in [0.2, 0.25) is 0 Å². The molecule has 1 atom stereocenters. The van der Waals surface area contributed by atoms with Gasteiger partial charge in [0.25, 0.3) is 0 Å². The molecule has 1 unspecified atom stereocenters. The number of rotatable bonds is 2. The van der Waals surface area contributed by atoms with Gasteiger partial charge in [0.1, 0.15) is 0 Å². The number of nitrogens with one attached hydrogen (secondary N) is 1. The van der Waals surface area contributed by atoms with E-state index in [1.54, 1.807) is 0 Å². The molecule has 1 fully saturated rings. The first-order chi connectivity index (χ1) is 8.88. The number of nitrogens with zero attached hydrogens (tertiary/aromatic N) is 1. The summed E-state index contributed by atoms with van der Waals surface area (Å²) in [7, 11) is 0. The molecule has 1 aliphatic heterocycles. The van der Waals surface area contributed by atoms with Gasteiger partial charge in [-0.2, -0.15) is 5.26 Å². The second-order valence-corrected chi connectivity index (χ2v) is 4.52. The van der Waals surface area contributed by atoms with Gasteiger partial charge in [0.15, 0.2) is 0 Å². The van der Waals surface area contributed by atoms with E-state index < -0.39 is 0 Å². The standard InChI is InChI=1S/C15H14N2O/c16-9-11-5-6-15(17-12-7-8-18-10-12)14-4-2-1-3-13(11)14/h1-6,12,17H,7-8,10H2. The molecular formula is C15H14N2O. The van der Waals surface area contributed by atoms with E-state index in [0.717, 1.165) is 41.7 Å². The van der Waals surface area contributed by atoms with Crippen LogP contribution < -0.4 is 5.32 Å². The monoisotopic (exact) mass is 238 g/mol. The molecule has 1 N–H and O–H groups in total. The summed E-state index contributed by atoms with van der Waals surface area (Å²) in [6.45, 7) is 1.58. The average Bonchev–Trinajstić information content (AvgIpc) is 2.92. The second-order valence-electron chi connectivity index (χ2n) is 4.52. The summed E-state index contributed by atoms with van der Waals surface area (Å²) in [5, 5.41) is 14.7. The molecule has 0 aromatic heterocycles. The first kappa shape index (κ1) is 11.1. The van der Waals surface area contributed by atoms with Crippen molar-refractivity contribution in [1.82, 2.24) is 0 Å². The van der Waals surface area contributed by atoms with Gasteiger partial charge in [0.05, 0.1) is 24.3 Å². The van der Waals surface area contributed by atoms with Crippen LogP contribution in [0.2, 0.25) is 0 Å². The average molecular weight is 238 g/mol. The molecule has 1 heterocycles. The lowest BCUT2D eigenvalue weighted by atomic mass is 10.0. The third-order valence-electron chi connectivity index (χ3n) is 3.33. The van der Waals surface area contributed by atoms with Crippen LogP contribution in [0.3, 0.4) is 0 Å². The summed E-state index contributed by atoms with van der Waals surface area (Å²) in [6.07, 6.45) is 1.04. The molecule has 90 valence electrons. The maximum absolute atomic E-state index is 9.12. The van der Waals surface area contributed by atoms with Crippen LogP contribution in [-0.4, -0.2) is 19.3 Å². The molecule has 3 nitrogen and oxygen atoms in total. The predicted molar refractivity (Wildman–Crippen MR) is 71.5 cm³/mol. The first-order valence-electron chi connectivity index (χ1n) is 6.14. The van der Waals surface area contributed by atoms with Gasteiger partial charge < -0.3 is 10.1 Å². The summed E-state index contributed by atoms with van der Waals surface area (Å²) >= 11 is 0. The van der Waals surface area contributed by atoms with Gasteiger partial charge >= 0.3 is 0 Å². The largest absolute Gasteiger partial charge is 0.379 e. The van der Waals surface area contributed by atoms with Crippen molar-refractivity contribution in [2.75, 3.05) is 18.5 Å². The normalized spacial score (nSPS) is 18.7. The molecule has 0 bridgehead atoms. The molecule has 0 spiro atoms. The van der Waals surface area contributed by atoms with Crippen LogP contribution in [0, 0.1) is 11.3 Å². The molecule has 2 aromatic carbocycles. The van der Waals surface area contributed by atoms with Crippen molar-refractivity contribution in [3.05, 3.63) is 42.0 Å². The van der Waals surface area contributed by atoms with Crippen molar-refractivity contribution >= 4 is 16.5 Å². The van der Waals surface area contributed by atoms with E-state index in [-0.39, 0.29) is 0 Å². The quantitative estimate of drug-likeness (QED) is 0.875. The van der Waals surface area contributed by atoms with E-state index in [9.17, 15) is 0 Å². The zero-order valence-electron chi connectivity index (χ0n) is 10.0. The molecule has 0 amide bonds. The summed E-state index contributed by atoms with van der Waals surface area (Å²) in [6, 6.07) is 14.5. The van der Waals surface area contributed by atoms with Crippen molar-refractivity contribution in [3.8, 4) is 6.07 Å². The Balaban J connectivity index is 2.04. The van der Waals surface area contributed by atoms with Crippen LogP contribution in [0.15, 0.2) is 36.4 Å². The van der Waals surface area contributed by atoms with Crippen LogP contribution in [0.5, 0.6) is 0 Å². The molecule has 0 aliphatic carbocycles. The van der Waals surface area contributed by atoms with Crippen molar-refractivity contribution in [3.63, 3.8) is 0 Å². The minimum absolute atomic E-state index is 0.376. The predicted octanol–water partition coefficient (Wildman–Crippen LogP) is 2.91. The third-order valence-corrected chi connectivity index (χ3v) is 3.33. The minimum atomic E-state index is 0.376. The summed E-state index contributed by atoms with van der Waals surface area (Å²) in [5.74, 6) is 0. The number of ether oxygens (including phenoxy) is 1. The number of nitriles is 1. The number of hydrogen-bond acceptors (Lipinski definition) is 3. The Bertz CT molecular complexity index is 609. The van der Waals surface area contributed by atoms with Gasteiger partial charge in [-0.25, -0.2) is 0 Å². The number of fused-ring (bicyclic) bond motifs is 1. The van der Waals surface area contributed by atoms with Gasteiger partial charge in [-0.15, -0.1) is 0 Å². The Kier molecular flexibility index (Phi) is 2.87. The highest BCUT2D eigenvalue weighted by molar-refractivity contribution is 5.97. The van der Waals surface area contributed by atoms with Crippen molar-refractivity contribution in [2.24, 2.45) is 0 Å². The summed E-state index contributed by atoms with van der Waals surface area (Å²) in [5.41, 5.74) is 1.80. The fourth-order valence-corrected chi connectivity index (χ4v) is 2.39. The topological polar surface area (TPSA) is 45.0 Å². The van der Waals surface area contributed by atoms with Crippen molar-refractivity contribution < 1.29 is 4.74 Å². The maximum atomic E-state index is 9.12. The van der Waals surface area contributed by atoms with E-state index >= 15 is 0 Å². The second kappa shape index (κ2) is 4.67. The highest BCUT2D eigenvalue weighted by atomic mass is 16.5. The molecule has 3 rings (SSSR count). The Morgan fingerprint density at radius 1 is 1.17 bits per heavy atom. The molecule has 1 aliphatic rings. The molecule has 18 heavy (non-hydrogen) atoms. The first-order valence-corrected chi connectivity index (χ1v) is 6.14. The van der Waals surface area contributed by atoms with E-state index in [4.69, 9.17) is 10.00 Å². The zero-order chi connectivity index (χ0) is 12.4. The van der Waals surface area contributed by atoms with Crippen LogP contribution in [0.4, 0.5) is 5.69 Å². The summed E-state index contributed by atoms with van der Waals surface area (Å²) < 4.78 is 5.37. The Hall–Kier alpha value is -2.05. The third kappa shape index (κ3) is 1.92. The van der Waals surface area contributed by atoms with E-state index in [1.165, 1.54) is 0 Å². The Labute approximate surface area is 106 Å². The van der Waals surface area contributed by atoms with E-state index in [2.05, 4.69) is 11.4 Å². The van der Waals surface area contributed by atoms with Gasteiger partial charge in [-0.3, -0.25) is 0 Å². The molecule has 1 saturated heterocycles. The SMILES string of the molecule is N#Cc1ccc(NC2CCOC2)c2ccccc12. The van der Waals surface area contributed by atoms with Crippen molar-refractivity contribution in [2.45, 2.75) is 12.5 Å². The minimum Gasteiger partial charge on any atom is -0.379 e. The fraction of sp³-hybridized carbons (Fsp3) is 0.267. The van der Waals surface area contributed by atoms with E-state index in [0.29, 0.717) is 6.04 Å². The zero-order valence-corrected chi connectivity index (χ0v) is 10.0. The Morgan fingerprint density at radius 3 is 2.72 bits per heavy atom. The molecular weight excluding hydrogens is 224 g/mol. The lowest BCUT2D eigenvalue weighted by Crippen LogP contribution is -2.19. The van der Waals surface area contributed by atoms with Gasteiger partial charge in [-0.05, 0) is 18.6 Å². The van der Waals surface area contributed by atoms with Crippen LogP contribution in [0.25, 0.3) is 10.8 Å². The van der Waals surface area contributed by atoms with Crippen LogP contribution >= 0.6 is 0 Å². The lowest BCUT2D eigenvalue weighted by Gasteiger charge is -2.15. The van der Waals surface area contributed by atoms with E-state index in [1.807, 2.05) is 36.4 Å². The van der Waals surface area contributed by atoms with Crippen molar-refractivity contribution in [1.29, 1.82) is 5.26 Å². The van der Waals surface area contributed by atoms with Gasteiger partial charge in [-0.1, -0.05) is 24.3 Å². The fourth-order valence-electron chi connectivity index (χ4n) is 2.39. The van der Waals surface area contributed by atoms with Gasteiger partial charge in [0, 0.05) is 23.1 Å². The highest BCUT2D eigenvalue weighted by Gasteiger charge is 2.16.